The second-order valence-electron chi connectivity index (χ2n) is 3.09. The molecule has 16 heavy (non-hydrogen) atoms. The number of aromatic nitrogens is 1. The van der Waals surface area contributed by atoms with E-state index in [1.807, 2.05) is 17.5 Å². The number of anilines is 1. The van der Waals surface area contributed by atoms with Crippen molar-refractivity contribution in [1.29, 1.82) is 0 Å². The van der Waals surface area contributed by atoms with E-state index in [0.29, 0.717) is 11.0 Å². The summed E-state index contributed by atoms with van der Waals surface area (Å²) in [5.41, 5.74) is 0.816. The van der Waals surface area contributed by atoms with Crippen molar-refractivity contribution >= 4 is 48.3 Å². The molecule has 2 N–H and O–H groups in total. The molecule has 0 saturated heterocycles. The van der Waals surface area contributed by atoms with Gasteiger partial charge in [0.2, 0.25) is 0 Å². The van der Waals surface area contributed by atoms with Crippen LogP contribution in [0, 0.1) is 0 Å². The highest BCUT2D eigenvalue weighted by molar-refractivity contribution is 9.11. The summed E-state index contributed by atoms with van der Waals surface area (Å²) >= 11 is 8.21. The first kappa shape index (κ1) is 11.9. The van der Waals surface area contributed by atoms with Crippen LogP contribution in [0.1, 0.15) is 5.56 Å². The van der Waals surface area contributed by atoms with Gasteiger partial charge in [-0.3, -0.25) is 0 Å². The molecule has 0 saturated carbocycles. The zero-order valence-corrected chi connectivity index (χ0v) is 12.1. The molecule has 2 aromatic rings. The standard InChI is InChI=1S/C10H8Br2N2OS/c11-7-3-6(9(15)8(12)4-7)5-14-10-13-1-2-16-10/h1-4,15H,5H2,(H,13,14). The Morgan fingerprint density at radius 2 is 2.19 bits per heavy atom. The van der Waals surface area contributed by atoms with Crippen LogP contribution in [0.3, 0.4) is 0 Å². The number of hydrogen-bond acceptors (Lipinski definition) is 4. The summed E-state index contributed by atoms with van der Waals surface area (Å²) in [5.74, 6) is 0.257. The Labute approximate surface area is 114 Å². The highest BCUT2D eigenvalue weighted by Gasteiger charge is 2.07. The van der Waals surface area contributed by atoms with Crippen LogP contribution in [0.25, 0.3) is 0 Å². The second-order valence-corrected chi connectivity index (χ2v) is 5.75. The van der Waals surface area contributed by atoms with Crippen LogP contribution in [0.5, 0.6) is 5.75 Å². The minimum Gasteiger partial charge on any atom is -0.506 e. The summed E-state index contributed by atoms with van der Waals surface area (Å²) in [6, 6.07) is 3.68. The van der Waals surface area contributed by atoms with Gasteiger partial charge >= 0.3 is 0 Å². The predicted molar refractivity (Wildman–Crippen MR) is 72.9 cm³/mol. The average Bonchev–Trinajstić information content (AvgIpc) is 2.74. The molecular weight excluding hydrogens is 356 g/mol. The van der Waals surface area contributed by atoms with Crippen molar-refractivity contribution in [2.45, 2.75) is 6.54 Å². The molecule has 0 aliphatic heterocycles. The first-order valence-corrected chi connectivity index (χ1v) is 6.93. The molecule has 2 rings (SSSR count). The number of halogens is 2. The maximum Gasteiger partial charge on any atom is 0.182 e. The molecule has 0 aliphatic rings. The maximum atomic E-state index is 9.83. The number of thiazole rings is 1. The fourth-order valence-corrected chi connectivity index (χ4v) is 3.08. The van der Waals surface area contributed by atoms with Gasteiger partial charge in [-0.05, 0) is 28.1 Å². The molecule has 0 amide bonds. The second kappa shape index (κ2) is 5.16. The number of hydrogen-bond donors (Lipinski definition) is 2. The highest BCUT2D eigenvalue weighted by atomic mass is 79.9. The summed E-state index contributed by atoms with van der Waals surface area (Å²) in [4.78, 5) is 4.11. The van der Waals surface area contributed by atoms with Gasteiger partial charge in [-0.25, -0.2) is 4.98 Å². The first-order chi connectivity index (χ1) is 7.66. The zero-order chi connectivity index (χ0) is 11.5. The Hall–Kier alpha value is -0.590. The average molecular weight is 364 g/mol. The van der Waals surface area contributed by atoms with Crippen LogP contribution in [0.2, 0.25) is 0 Å². The molecule has 3 nitrogen and oxygen atoms in total. The molecule has 0 aliphatic carbocycles. The van der Waals surface area contributed by atoms with Crippen LogP contribution in [0.15, 0.2) is 32.7 Å². The monoisotopic (exact) mass is 362 g/mol. The topological polar surface area (TPSA) is 45.1 Å². The molecule has 1 aromatic carbocycles. The molecule has 1 heterocycles. The molecule has 0 bridgehead atoms. The number of nitrogens with zero attached hydrogens (tertiary/aromatic N) is 1. The normalized spacial score (nSPS) is 10.4. The lowest BCUT2D eigenvalue weighted by molar-refractivity contribution is 0.465. The van der Waals surface area contributed by atoms with E-state index >= 15 is 0 Å². The maximum absolute atomic E-state index is 9.83. The molecule has 0 radical (unpaired) electrons. The quantitative estimate of drug-likeness (QED) is 0.866. The van der Waals surface area contributed by atoms with Gasteiger partial charge < -0.3 is 10.4 Å². The van der Waals surface area contributed by atoms with Gasteiger partial charge in [-0.1, -0.05) is 15.9 Å². The molecule has 84 valence electrons. The van der Waals surface area contributed by atoms with Gasteiger partial charge in [0.05, 0.1) is 4.47 Å². The van der Waals surface area contributed by atoms with Crippen LogP contribution < -0.4 is 5.32 Å². The van der Waals surface area contributed by atoms with E-state index in [1.165, 1.54) is 11.3 Å². The van der Waals surface area contributed by atoms with E-state index in [9.17, 15) is 5.11 Å². The minimum atomic E-state index is 0.257. The van der Waals surface area contributed by atoms with Crippen molar-refractivity contribution in [3.05, 3.63) is 38.2 Å². The van der Waals surface area contributed by atoms with Crippen molar-refractivity contribution in [2.24, 2.45) is 0 Å². The molecule has 0 atom stereocenters. The molecular formula is C10H8Br2N2OS. The fourth-order valence-electron chi connectivity index (χ4n) is 1.24. The summed E-state index contributed by atoms with van der Waals surface area (Å²) in [5, 5.41) is 15.7. The third-order valence-corrected chi connectivity index (χ3v) is 3.76. The lowest BCUT2D eigenvalue weighted by Crippen LogP contribution is -1.99. The third kappa shape index (κ3) is 2.75. The largest absolute Gasteiger partial charge is 0.506 e. The Bertz CT molecular complexity index is 488. The van der Waals surface area contributed by atoms with Crippen LogP contribution in [-0.2, 0) is 6.54 Å². The van der Waals surface area contributed by atoms with Gasteiger partial charge in [-0.2, -0.15) is 0 Å². The Morgan fingerprint density at radius 1 is 1.38 bits per heavy atom. The predicted octanol–water partition coefficient (Wildman–Crippen LogP) is 3.99. The summed E-state index contributed by atoms with van der Waals surface area (Å²) in [6.45, 7) is 0.539. The molecule has 0 spiro atoms. The van der Waals surface area contributed by atoms with Gasteiger partial charge in [0.1, 0.15) is 5.75 Å². The van der Waals surface area contributed by atoms with Crippen LogP contribution >= 0.6 is 43.2 Å². The SMILES string of the molecule is Oc1c(Br)cc(Br)cc1CNc1nccs1. The summed E-state index contributed by atoms with van der Waals surface area (Å²) < 4.78 is 1.60. The van der Waals surface area contributed by atoms with Crippen LogP contribution in [0.4, 0.5) is 5.13 Å². The Kier molecular flexibility index (Phi) is 3.83. The fraction of sp³-hybridized carbons (Fsp3) is 0.100. The smallest absolute Gasteiger partial charge is 0.182 e. The number of aromatic hydroxyl groups is 1. The van der Waals surface area contributed by atoms with Crippen molar-refractivity contribution in [2.75, 3.05) is 5.32 Å². The zero-order valence-electron chi connectivity index (χ0n) is 8.08. The number of rotatable bonds is 3. The van der Waals surface area contributed by atoms with Gasteiger partial charge in [0.25, 0.3) is 0 Å². The van der Waals surface area contributed by atoms with E-state index in [0.717, 1.165) is 15.2 Å². The highest BCUT2D eigenvalue weighted by Crippen LogP contribution is 2.32. The van der Waals surface area contributed by atoms with Crippen LogP contribution in [-0.4, -0.2) is 10.1 Å². The number of phenolic OH excluding ortho intramolecular Hbond substituents is 1. The van der Waals surface area contributed by atoms with E-state index < -0.39 is 0 Å². The van der Waals surface area contributed by atoms with E-state index in [2.05, 4.69) is 42.2 Å². The lowest BCUT2D eigenvalue weighted by atomic mass is 10.2. The number of nitrogens with one attached hydrogen (secondary N) is 1. The van der Waals surface area contributed by atoms with Crippen molar-refractivity contribution in [1.82, 2.24) is 4.98 Å². The van der Waals surface area contributed by atoms with Crippen molar-refractivity contribution in [3.8, 4) is 5.75 Å². The van der Waals surface area contributed by atoms with Crippen molar-refractivity contribution in [3.63, 3.8) is 0 Å². The van der Waals surface area contributed by atoms with E-state index in [4.69, 9.17) is 0 Å². The number of benzene rings is 1. The summed E-state index contributed by atoms with van der Waals surface area (Å²) in [7, 11) is 0. The number of phenols is 1. The van der Waals surface area contributed by atoms with Crippen molar-refractivity contribution < 1.29 is 5.11 Å². The molecule has 1 aromatic heterocycles. The lowest BCUT2D eigenvalue weighted by Gasteiger charge is -2.08. The molecule has 6 heteroatoms. The summed E-state index contributed by atoms with van der Waals surface area (Å²) in [6.07, 6.45) is 1.74. The molecule has 0 unspecified atom stereocenters. The molecule has 0 fully saturated rings. The minimum absolute atomic E-state index is 0.257. The Morgan fingerprint density at radius 3 is 2.88 bits per heavy atom. The Balaban J connectivity index is 2.15. The first-order valence-electron chi connectivity index (χ1n) is 4.47. The van der Waals surface area contributed by atoms with Gasteiger partial charge in [-0.15, -0.1) is 11.3 Å². The van der Waals surface area contributed by atoms with E-state index in [1.54, 1.807) is 6.20 Å². The van der Waals surface area contributed by atoms with Gasteiger partial charge in [0.15, 0.2) is 5.13 Å². The third-order valence-electron chi connectivity index (χ3n) is 1.97. The van der Waals surface area contributed by atoms with E-state index in [-0.39, 0.29) is 5.75 Å². The van der Waals surface area contributed by atoms with Gasteiger partial charge in [0, 0.05) is 28.2 Å².